The molecule has 2 aromatic rings. The number of aromatic nitrogens is 3. The van der Waals surface area contributed by atoms with Gasteiger partial charge in [0, 0.05) is 6.20 Å². The fraction of sp³-hybridized carbons (Fsp3) is 0.182. The number of halogens is 1. The zero-order valence-electron chi connectivity index (χ0n) is 10.8. The van der Waals surface area contributed by atoms with Gasteiger partial charge in [0.1, 0.15) is 5.56 Å². The summed E-state index contributed by atoms with van der Waals surface area (Å²) in [6.45, 7) is 1.73. The van der Waals surface area contributed by atoms with Crippen molar-refractivity contribution in [3.05, 3.63) is 35.2 Å². The average Bonchev–Trinajstić information content (AvgIpc) is 2.92. The van der Waals surface area contributed by atoms with Crippen LogP contribution >= 0.6 is 11.6 Å². The molecule has 0 aliphatic carbocycles. The van der Waals surface area contributed by atoms with E-state index < -0.39 is 21.0 Å². The van der Waals surface area contributed by atoms with Crippen LogP contribution in [0.5, 0.6) is 0 Å². The summed E-state index contributed by atoms with van der Waals surface area (Å²) in [4.78, 5) is 15.4. The predicted molar refractivity (Wildman–Crippen MR) is 74.6 cm³/mol. The van der Waals surface area contributed by atoms with Crippen molar-refractivity contribution in [2.45, 2.75) is 11.9 Å². The molecule has 0 atom stereocenters. The van der Waals surface area contributed by atoms with E-state index in [4.69, 9.17) is 16.3 Å². The minimum absolute atomic E-state index is 0.0155. The second kappa shape index (κ2) is 6.10. The van der Waals surface area contributed by atoms with Crippen LogP contribution in [0, 0.1) is 0 Å². The van der Waals surface area contributed by atoms with E-state index in [1.165, 1.54) is 18.3 Å². The lowest BCUT2D eigenvalue weighted by molar-refractivity contribution is 0.0522. The van der Waals surface area contributed by atoms with Crippen LogP contribution in [-0.2, 0) is 14.8 Å². The molecule has 0 radical (unpaired) electrons. The van der Waals surface area contributed by atoms with Gasteiger partial charge in [-0.1, -0.05) is 11.6 Å². The molecule has 10 heteroatoms. The predicted octanol–water partition coefficient (Wildman–Crippen LogP) is 1.44. The number of rotatable bonds is 5. The van der Waals surface area contributed by atoms with Crippen molar-refractivity contribution in [2.75, 3.05) is 11.3 Å². The Morgan fingerprint density at radius 2 is 2.29 bits per heavy atom. The van der Waals surface area contributed by atoms with Crippen LogP contribution in [0.1, 0.15) is 17.3 Å². The first kappa shape index (κ1) is 15.3. The van der Waals surface area contributed by atoms with Gasteiger partial charge < -0.3 is 4.74 Å². The molecule has 0 aliphatic heterocycles. The number of ether oxygens (including phenoxy) is 1. The Balaban J connectivity index is 2.35. The highest BCUT2D eigenvalue weighted by molar-refractivity contribution is 7.92. The van der Waals surface area contributed by atoms with Gasteiger partial charge in [-0.15, -0.1) is 0 Å². The van der Waals surface area contributed by atoms with Crippen molar-refractivity contribution in [1.82, 2.24) is 15.2 Å². The maximum atomic E-state index is 12.3. The van der Waals surface area contributed by atoms with E-state index in [0.29, 0.717) is 0 Å². The number of carbonyl (C=O) groups is 1. The van der Waals surface area contributed by atoms with Crippen molar-refractivity contribution in [2.24, 2.45) is 0 Å². The molecule has 2 heterocycles. The standard InChI is InChI=1S/C11H11ClN4O4S/c1-2-20-11(17)7-6-14-15-10(7)21(18,19)16-8-4-3-5-13-9(8)12/h3-6,16H,2H2,1H3,(H,14,15). The van der Waals surface area contributed by atoms with Crippen LogP contribution in [0.15, 0.2) is 29.6 Å². The minimum atomic E-state index is -4.08. The highest BCUT2D eigenvalue weighted by Crippen LogP contribution is 2.22. The van der Waals surface area contributed by atoms with Crippen LogP contribution in [0.25, 0.3) is 0 Å². The number of hydrogen-bond donors (Lipinski definition) is 2. The fourth-order valence-electron chi connectivity index (χ4n) is 1.49. The summed E-state index contributed by atoms with van der Waals surface area (Å²) in [6, 6.07) is 2.95. The first-order valence-corrected chi connectivity index (χ1v) is 7.65. The van der Waals surface area contributed by atoms with E-state index in [-0.39, 0.29) is 23.0 Å². The molecule has 0 aromatic carbocycles. The normalized spacial score (nSPS) is 11.1. The Kier molecular flexibility index (Phi) is 4.43. The zero-order chi connectivity index (χ0) is 15.5. The van der Waals surface area contributed by atoms with Gasteiger partial charge >= 0.3 is 5.97 Å². The van der Waals surface area contributed by atoms with E-state index in [0.717, 1.165) is 6.20 Å². The summed E-state index contributed by atoms with van der Waals surface area (Å²) in [5.41, 5.74) is -0.104. The van der Waals surface area contributed by atoms with E-state index in [1.54, 1.807) is 6.92 Å². The molecule has 0 aliphatic rings. The van der Waals surface area contributed by atoms with Crippen LogP contribution in [0.3, 0.4) is 0 Å². The van der Waals surface area contributed by atoms with E-state index in [2.05, 4.69) is 19.9 Å². The summed E-state index contributed by atoms with van der Waals surface area (Å²) >= 11 is 5.79. The molecule has 0 bridgehead atoms. The van der Waals surface area contributed by atoms with E-state index in [1.807, 2.05) is 0 Å². The van der Waals surface area contributed by atoms with Crippen LogP contribution in [0.2, 0.25) is 5.15 Å². The summed E-state index contributed by atoms with van der Waals surface area (Å²) in [7, 11) is -4.08. The molecule has 0 saturated heterocycles. The number of sulfonamides is 1. The second-order valence-corrected chi connectivity index (χ2v) is 5.76. The lowest BCUT2D eigenvalue weighted by Crippen LogP contribution is -2.18. The van der Waals surface area contributed by atoms with Gasteiger partial charge in [0.25, 0.3) is 10.0 Å². The number of nitrogens with one attached hydrogen (secondary N) is 2. The van der Waals surface area contributed by atoms with Crippen molar-refractivity contribution in [1.29, 1.82) is 0 Å². The van der Waals surface area contributed by atoms with Gasteiger partial charge in [0.2, 0.25) is 0 Å². The van der Waals surface area contributed by atoms with Crippen molar-refractivity contribution >= 4 is 33.3 Å². The third-order valence-corrected chi connectivity index (χ3v) is 4.01. The van der Waals surface area contributed by atoms with Gasteiger partial charge in [-0.05, 0) is 19.1 Å². The van der Waals surface area contributed by atoms with Crippen LogP contribution in [-0.4, -0.2) is 36.2 Å². The molecule has 0 spiro atoms. The number of hydrogen-bond acceptors (Lipinski definition) is 6. The maximum absolute atomic E-state index is 12.3. The molecule has 2 aromatic heterocycles. The summed E-state index contributed by atoms with van der Waals surface area (Å²) in [5.74, 6) is -0.788. The summed E-state index contributed by atoms with van der Waals surface area (Å²) < 4.78 is 31.5. The Morgan fingerprint density at radius 3 is 2.95 bits per heavy atom. The summed E-state index contributed by atoms with van der Waals surface area (Å²) in [5, 5.41) is 5.40. The largest absolute Gasteiger partial charge is 0.462 e. The van der Waals surface area contributed by atoms with E-state index in [9.17, 15) is 13.2 Å². The molecule has 0 saturated carbocycles. The first-order valence-electron chi connectivity index (χ1n) is 5.79. The van der Waals surface area contributed by atoms with Crippen LogP contribution < -0.4 is 4.72 Å². The molecular formula is C11H11ClN4O4S. The lowest BCUT2D eigenvalue weighted by atomic mass is 10.4. The monoisotopic (exact) mass is 330 g/mol. The molecule has 2 N–H and O–H groups in total. The van der Waals surface area contributed by atoms with Crippen molar-refractivity contribution in [3.8, 4) is 0 Å². The molecule has 112 valence electrons. The Hall–Kier alpha value is -2.13. The number of pyridine rings is 1. The molecule has 2 rings (SSSR count). The number of esters is 1. The Morgan fingerprint density at radius 1 is 1.52 bits per heavy atom. The zero-order valence-corrected chi connectivity index (χ0v) is 12.4. The van der Waals surface area contributed by atoms with E-state index >= 15 is 0 Å². The SMILES string of the molecule is CCOC(=O)c1cn[nH]c1S(=O)(=O)Nc1cccnc1Cl. The number of nitrogens with zero attached hydrogens (tertiary/aromatic N) is 2. The van der Waals surface area contributed by atoms with Crippen molar-refractivity contribution < 1.29 is 17.9 Å². The highest BCUT2D eigenvalue weighted by Gasteiger charge is 2.26. The van der Waals surface area contributed by atoms with Gasteiger partial charge in [0.15, 0.2) is 10.2 Å². The minimum Gasteiger partial charge on any atom is -0.462 e. The lowest BCUT2D eigenvalue weighted by Gasteiger charge is -2.08. The smallest absolute Gasteiger partial charge is 0.342 e. The Labute approximate surface area is 125 Å². The highest BCUT2D eigenvalue weighted by atomic mass is 35.5. The van der Waals surface area contributed by atoms with Gasteiger partial charge in [0.05, 0.1) is 18.5 Å². The second-order valence-electron chi connectivity index (χ2n) is 3.78. The third kappa shape index (κ3) is 3.31. The number of H-pyrrole nitrogens is 1. The Bertz CT molecular complexity index is 759. The van der Waals surface area contributed by atoms with Crippen molar-refractivity contribution in [3.63, 3.8) is 0 Å². The number of aromatic amines is 1. The molecule has 8 nitrogen and oxygen atoms in total. The number of carbonyl (C=O) groups excluding carboxylic acids is 1. The summed E-state index contributed by atoms with van der Waals surface area (Å²) in [6.07, 6.45) is 2.50. The molecule has 0 fully saturated rings. The molecule has 0 amide bonds. The molecular weight excluding hydrogens is 320 g/mol. The van der Waals surface area contributed by atoms with Gasteiger partial charge in [-0.3, -0.25) is 9.82 Å². The first-order chi connectivity index (χ1) is 9.95. The molecule has 21 heavy (non-hydrogen) atoms. The fourth-order valence-corrected chi connectivity index (χ4v) is 2.87. The number of anilines is 1. The topological polar surface area (TPSA) is 114 Å². The van der Waals surface area contributed by atoms with Gasteiger partial charge in [-0.25, -0.2) is 9.78 Å². The average molecular weight is 331 g/mol. The quantitative estimate of drug-likeness (QED) is 0.633. The molecule has 0 unspecified atom stereocenters. The van der Waals surface area contributed by atoms with Crippen LogP contribution in [0.4, 0.5) is 5.69 Å². The third-order valence-electron chi connectivity index (χ3n) is 2.37. The van der Waals surface area contributed by atoms with Gasteiger partial charge in [-0.2, -0.15) is 13.5 Å². The maximum Gasteiger partial charge on any atom is 0.342 e.